The zero-order valence-electron chi connectivity index (χ0n) is 24.1. The average Bonchev–Trinajstić information content (AvgIpc) is 3.50. The number of hydrogen-bond donors (Lipinski definition) is 0. The molecule has 44 heavy (non-hydrogen) atoms. The van der Waals surface area contributed by atoms with E-state index in [1.807, 2.05) is 12.1 Å². The third-order valence-corrected chi connectivity index (χ3v) is 8.27. The number of furan rings is 1. The van der Waals surface area contributed by atoms with Crippen LogP contribution in [0.5, 0.6) is 0 Å². The van der Waals surface area contributed by atoms with Gasteiger partial charge >= 0.3 is 0 Å². The van der Waals surface area contributed by atoms with Crippen LogP contribution in [0.1, 0.15) is 0 Å². The van der Waals surface area contributed by atoms with Crippen molar-refractivity contribution < 1.29 is 4.42 Å². The van der Waals surface area contributed by atoms with Crippen LogP contribution in [-0.4, -0.2) is 0 Å². The monoisotopic (exact) mass is 563 g/mol. The van der Waals surface area contributed by atoms with Gasteiger partial charge in [-0.1, -0.05) is 133 Å². The fourth-order valence-electron chi connectivity index (χ4n) is 6.26. The molecule has 8 aromatic rings. The number of nitrogens with zero attached hydrogens (tertiary/aromatic N) is 1. The summed E-state index contributed by atoms with van der Waals surface area (Å²) in [5, 5.41) is 2.20. The topological polar surface area (TPSA) is 16.4 Å². The van der Waals surface area contributed by atoms with E-state index < -0.39 is 0 Å². The lowest BCUT2D eigenvalue weighted by Crippen LogP contribution is -2.10. The molecule has 0 atom stereocenters. The van der Waals surface area contributed by atoms with Crippen LogP contribution in [0.2, 0.25) is 0 Å². The third kappa shape index (κ3) is 4.54. The van der Waals surface area contributed by atoms with Crippen LogP contribution in [0.3, 0.4) is 0 Å². The van der Waals surface area contributed by atoms with E-state index in [2.05, 4.69) is 169 Å². The van der Waals surface area contributed by atoms with Crippen LogP contribution in [0.15, 0.2) is 180 Å². The van der Waals surface area contributed by atoms with Gasteiger partial charge in [-0.25, -0.2) is 0 Å². The van der Waals surface area contributed by atoms with Crippen LogP contribution in [0, 0.1) is 0 Å². The molecule has 2 nitrogen and oxygen atoms in total. The molecule has 0 N–H and O–H groups in total. The molecule has 0 unspecified atom stereocenters. The van der Waals surface area contributed by atoms with Crippen molar-refractivity contribution >= 4 is 39.0 Å². The SMILES string of the molecule is c1ccc(-c2ccccc2-c2cccc(N(c3ccccc3)c3ccc(-c4ccccc4)c4oc5ccccc5c34)c2)cc1. The van der Waals surface area contributed by atoms with Gasteiger partial charge in [0.1, 0.15) is 11.2 Å². The van der Waals surface area contributed by atoms with Gasteiger partial charge in [0.25, 0.3) is 0 Å². The first-order chi connectivity index (χ1) is 21.8. The maximum atomic E-state index is 6.63. The Morgan fingerprint density at radius 1 is 0.386 bits per heavy atom. The summed E-state index contributed by atoms with van der Waals surface area (Å²) in [7, 11) is 0. The highest BCUT2D eigenvalue weighted by atomic mass is 16.3. The second kappa shape index (κ2) is 11.1. The summed E-state index contributed by atoms with van der Waals surface area (Å²) in [6, 6.07) is 62.0. The second-order valence-electron chi connectivity index (χ2n) is 10.9. The van der Waals surface area contributed by atoms with Crippen LogP contribution < -0.4 is 4.90 Å². The Morgan fingerprint density at radius 3 is 1.66 bits per heavy atom. The maximum Gasteiger partial charge on any atom is 0.145 e. The Morgan fingerprint density at radius 2 is 0.932 bits per heavy atom. The molecule has 0 bridgehead atoms. The fourth-order valence-corrected chi connectivity index (χ4v) is 6.26. The van der Waals surface area contributed by atoms with Gasteiger partial charge in [-0.3, -0.25) is 0 Å². The molecular formula is C42H29NO. The number of hydrogen-bond acceptors (Lipinski definition) is 2. The summed E-state index contributed by atoms with van der Waals surface area (Å²) in [5.41, 5.74) is 12.0. The minimum absolute atomic E-state index is 0.880. The number of benzene rings is 7. The van der Waals surface area contributed by atoms with E-state index in [1.54, 1.807) is 0 Å². The van der Waals surface area contributed by atoms with Crippen molar-refractivity contribution in [2.24, 2.45) is 0 Å². The zero-order valence-corrected chi connectivity index (χ0v) is 24.1. The van der Waals surface area contributed by atoms with E-state index in [1.165, 1.54) is 16.7 Å². The number of para-hydroxylation sites is 2. The summed E-state index contributed by atoms with van der Waals surface area (Å²) in [5.74, 6) is 0. The molecule has 0 radical (unpaired) electrons. The normalized spacial score (nSPS) is 11.2. The van der Waals surface area contributed by atoms with Gasteiger partial charge in [-0.05, 0) is 70.3 Å². The standard InChI is InChI=1S/C42H29NO/c1-4-15-30(16-5-1)35-23-10-11-24-36(35)32-19-14-22-34(29-32)43(33-20-8-3-9-21-33)39-28-27-37(31-17-6-2-7-18-31)42-41(39)38-25-12-13-26-40(38)44-42/h1-29H. The maximum absolute atomic E-state index is 6.63. The van der Waals surface area contributed by atoms with Crippen molar-refractivity contribution in [2.75, 3.05) is 4.90 Å². The van der Waals surface area contributed by atoms with Crippen molar-refractivity contribution in [3.05, 3.63) is 176 Å². The fraction of sp³-hybridized carbons (Fsp3) is 0. The summed E-state index contributed by atoms with van der Waals surface area (Å²) in [4.78, 5) is 2.35. The highest BCUT2D eigenvalue weighted by Crippen LogP contribution is 2.46. The summed E-state index contributed by atoms with van der Waals surface area (Å²) >= 11 is 0. The Balaban J connectivity index is 1.37. The van der Waals surface area contributed by atoms with Crippen molar-refractivity contribution in [1.82, 2.24) is 0 Å². The highest BCUT2D eigenvalue weighted by molar-refractivity contribution is 6.17. The van der Waals surface area contributed by atoms with Gasteiger partial charge in [0.2, 0.25) is 0 Å². The van der Waals surface area contributed by atoms with E-state index in [0.717, 1.165) is 55.7 Å². The quantitative estimate of drug-likeness (QED) is 0.200. The third-order valence-electron chi connectivity index (χ3n) is 8.27. The van der Waals surface area contributed by atoms with Gasteiger partial charge in [0, 0.05) is 22.3 Å². The molecule has 0 aliphatic carbocycles. The van der Waals surface area contributed by atoms with Gasteiger partial charge in [-0.2, -0.15) is 0 Å². The van der Waals surface area contributed by atoms with E-state index in [4.69, 9.17) is 4.42 Å². The summed E-state index contributed by atoms with van der Waals surface area (Å²) < 4.78 is 6.63. The Hall–Kier alpha value is -5.86. The lowest BCUT2D eigenvalue weighted by Gasteiger charge is -2.27. The van der Waals surface area contributed by atoms with E-state index >= 15 is 0 Å². The molecule has 0 fully saturated rings. The minimum Gasteiger partial charge on any atom is -0.455 e. The largest absolute Gasteiger partial charge is 0.455 e. The predicted octanol–water partition coefficient (Wildman–Crippen LogP) is 12.1. The molecule has 0 saturated heterocycles. The summed E-state index contributed by atoms with van der Waals surface area (Å²) in [6.07, 6.45) is 0. The zero-order chi connectivity index (χ0) is 29.3. The Bertz CT molecular complexity index is 2220. The molecule has 2 heteroatoms. The molecule has 0 aliphatic heterocycles. The molecule has 1 heterocycles. The van der Waals surface area contributed by atoms with Crippen LogP contribution in [0.25, 0.3) is 55.3 Å². The summed E-state index contributed by atoms with van der Waals surface area (Å²) in [6.45, 7) is 0. The number of rotatable bonds is 6. The first-order valence-corrected chi connectivity index (χ1v) is 14.9. The molecule has 0 spiro atoms. The lowest BCUT2D eigenvalue weighted by molar-refractivity contribution is 0.670. The first-order valence-electron chi connectivity index (χ1n) is 14.9. The lowest BCUT2D eigenvalue weighted by atomic mass is 9.94. The Labute approximate surface area is 257 Å². The molecule has 1 aromatic heterocycles. The molecular weight excluding hydrogens is 534 g/mol. The molecule has 0 aliphatic rings. The van der Waals surface area contributed by atoms with E-state index in [9.17, 15) is 0 Å². The van der Waals surface area contributed by atoms with Gasteiger partial charge in [0.05, 0.1) is 11.1 Å². The Kier molecular flexibility index (Phi) is 6.51. The van der Waals surface area contributed by atoms with Crippen LogP contribution in [0.4, 0.5) is 17.1 Å². The molecule has 0 amide bonds. The number of anilines is 3. The van der Waals surface area contributed by atoms with Crippen molar-refractivity contribution in [2.45, 2.75) is 0 Å². The molecule has 208 valence electrons. The van der Waals surface area contributed by atoms with Crippen molar-refractivity contribution in [3.8, 4) is 33.4 Å². The van der Waals surface area contributed by atoms with Crippen LogP contribution in [-0.2, 0) is 0 Å². The predicted molar refractivity (Wildman–Crippen MR) is 185 cm³/mol. The first kappa shape index (κ1) is 25.8. The van der Waals surface area contributed by atoms with Gasteiger partial charge in [-0.15, -0.1) is 0 Å². The van der Waals surface area contributed by atoms with Gasteiger partial charge in [0.15, 0.2) is 0 Å². The van der Waals surface area contributed by atoms with E-state index in [0.29, 0.717) is 0 Å². The van der Waals surface area contributed by atoms with Crippen molar-refractivity contribution in [1.29, 1.82) is 0 Å². The van der Waals surface area contributed by atoms with Crippen LogP contribution >= 0.6 is 0 Å². The highest BCUT2D eigenvalue weighted by Gasteiger charge is 2.22. The molecule has 7 aromatic carbocycles. The number of fused-ring (bicyclic) bond motifs is 3. The second-order valence-corrected chi connectivity index (χ2v) is 10.9. The molecule has 0 saturated carbocycles. The van der Waals surface area contributed by atoms with Gasteiger partial charge < -0.3 is 9.32 Å². The van der Waals surface area contributed by atoms with E-state index in [-0.39, 0.29) is 0 Å². The average molecular weight is 564 g/mol. The smallest absolute Gasteiger partial charge is 0.145 e. The molecule has 8 rings (SSSR count). The van der Waals surface area contributed by atoms with Crippen molar-refractivity contribution in [3.63, 3.8) is 0 Å². The minimum atomic E-state index is 0.880.